The van der Waals surface area contributed by atoms with Crippen LogP contribution in [0.5, 0.6) is 0 Å². The summed E-state index contributed by atoms with van der Waals surface area (Å²) in [4.78, 5) is 30.0. The molecule has 0 saturated carbocycles. The largest absolute Gasteiger partial charge is 0.468 e. The van der Waals surface area contributed by atoms with Gasteiger partial charge in [-0.2, -0.15) is 0 Å². The van der Waals surface area contributed by atoms with Crippen molar-refractivity contribution in [1.82, 2.24) is 9.88 Å². The first-order valence-electron chi connectivity index (χ1n) is 9.74. The first-order valence-corrected chi connectivity index (χ1v) is 9.74. The van der Waals surface area contributed by atoms with Crippen molar-refractivity contribution in [3.05, 3.63) is 47.8 Å². The van der Waals surface area contributed by atoms with E-state index in [1.54, 1.807) is 0 Å². The lowest BCUT2D eigenvalue weighted by Crippen LogP contribution is -2.39. The molecule has 0 amide bonds. The second-order valence-electron chi connectivity index (χ2n) is 7.12. The Kier molecular flexibility index (Phi) is 6.39. The number of methoxy groups -OCH3 is 2. The van der Waals surface area contributed by atoms with E-state index in [4.69, 9.17) is 9.47 Å². The lowest BCUT2D eigenvalue weighted by atomic mass is 9.80. The lowest BCUT2D eigenvalue weighted by molar-refractivity contribution is -0.161. The quantitative estimate of drug-likeness (QED) is 0.586. The molecular weight excluding hydrogens is 356 g/mol. The van der Waals surface area contributed by atoms with Gasteiger partial charge < -0.3 is 19.4 Å². The van der Waals surface area contributed by atoms with E-state index in [1.807, 2.05) is 13.0 Å². The summed E-state index contributed by atoms with van der Waals surface area (Å²) in [7, 11) is 2.62. The summed E-state index contributed by atoms with van der Waals surface area (Å²) < 4.78 is 9.72. The normalized spacial score (nSPS) is 16.9. The van der Waals surface area contributed by atoms with E-state index in [0.717, 1.165) is 43.4 Å². The molecule has 1 aromatic carbocycles. The van der Waals surface area contributed by atoms with Crippen LogP contribution in [-0.2, 0) is 25.5 Å². The minimum Gasteiger partial charge on any atom is -0.468 e. The first-order chi connectivity index (χ1) is 13.6. The second kappa shape index (κ2) is 8.95. The number of aromatic amines is 1. The Bertz CT molecular complexity index is 854. The molecular formula is C22H28N2O4. The molecule has 0 bridgehead atoms. The number of carbonyl (C=O) groups is 2. The van der Waals surface area contributed by atoms with Crippen LogP contribution in [0.3, 0.4) is 0 Å². The Morgan fingerprint density at radius 2 is 1.93 bits per heavy atom. The van der Waals surface area contributed by atoms with Gasteiger partial charge in [-0.1, -0.05) is 25.1 Å². The second-order valence-corrected chi connectivity index (χ2v) is 7.12. The number of para-hydroxylation sites is 1. The van der Waals surface area contributed by atoms with Gasteiger partial charge in [-0.05, 0) is 42.7 Å². The highest BCUT2D eigenvalue weighted by molar-refractivity contribution is 5.95. The van der Waals surface area contributed by atoms with Crippen molar-refractivity contribution >= 4 is 22.8 Å². The number of aromatic nitrogens is 1. The van der Waals surface area contributed by atoms with Crippen molar-refractivity contribution in [2.45, 2.75) is 26.2 Å². The van der Waals surface area contributed by atoms with Gasteiger partial charge in [0, 0.05) is 36.1 Å². The van der Waals surface area contributed by atoms with Gasteiger partial charge >= 0.3 is 11.9 Å². The zero-order valence-corrected chi connectivity index (χ0v) is 16.7. The van der Waals surface area contributed by atoms with E-state index in [1.165, 1.54) is 25.2 Å². The monoisotopic (exact) mass is 384 g/mol. The topological polar surface area (TPSA) is 71.6 Å². The summed E-state index contributed by atoms with van der Waals surface area (Å²) in [6.45, 7) is 3.73. The number of rotatable bonds is 7. The average Bonchev–Trinajstić information content (AvgIpc) is 3.15. The molecule has 0 spiro atoms. The summed E-state index contributed by atoms with van der Waals surface area (Å²) in [5.41, 5.74) is 3.54. The summed E-state index contributed by atoms with van der Waals surface area (Å²) in [6, 6.07) is 8.31. The standard InChI is InChI=1S/C22H28N2O4/c1-4-15-14-24(11-9-16-13-23-19-8-6-5-7-17(16)19)12-10-18(15)20(21(25)27-2)22(26)28-3/h5-8,13-14,18,20,23H,4,9-12H2,1-3H3. The van der Waals surface area contributed by atoms with E-state index in [2.05, 4.69) is 40.5 Å². The van der Waals surface area contributed by atoms with E-state index in [0.29, 0.717) is 0 Å². The number of hydrogen-bond donors (Lipinski definition) is 1. The zero-order chi connectivity index (χ0) is 20.1. The maximum Gasteiger partial charge on any atom is 0.320 e. The molecule has 0 saturated heterocycles. The van der Waals surface area contributed by atoms with Crippen LogP contribution in [0, 0.1) is 11.8 Å². The SMILES string of the molecule is CCC1=CN(CCc2c[nH]c3ccccc23)CCC1C(C(=O)OC)C(=O)OC. The van der Waals surface area contributed by atoms with Crippen molar-refractivity contribution in [1.29, 1.82) is 0 Å². The molecule has 150 valence electrons. The number of esters is 2. The van der Waals surface area contributed by atoms with Crippen LogP contribution in [0.2, 0.25) is 0 Å². The molecule has 1 aliphatic rings. The number of nitrogens with zero attached hydrogens (tertiary/aromatic N) is 1. The zero-order valence-electron chi connectivity index (χ0n) is 16.7. The van der Waals surface area contributed by atoms with Gasteiger partial charge in [0.05, 0.1) is 14.2 Å². The Labute approximate surface area is 165 Å². The van der Waals surface area contributed by atoms with Crippen LogP contribution in [0.15, 0.2) is 42.2 Å². The predicted molar refractivity (Wildman–Crippen MR) is 108 cm³/mol. The Balaban J connectivity index is 1.73. The Morgan fingerprint density at radius 1 is 1.21 bits per heavy atom. The van der Waals surface area contributed by atoms with Crippen molar-refractivity contribution in [3.63, 3.8) is 0 Å². The summed E-state index contributed by atoms with van der Waals surface area (Å²) in [6.07, 6.45) is 6.62. The molecule has 1 atom stereocenters. The van der Waals surface area contributed by atoms with Crippen LogP contribution >= 0.6 is 0 Å². The molecule has 28 heavy (non-hydrogen) atoms. The number of carbonyl (C=O) groups excluding carboxylic acids is 2. The van der Waals surface area contributed by atoms with Gasteiger partial charge in [0.15, 0.2) is 5.92 Å². The highest BCUT2D eigenvalue weighted by atomic mass is 16.5. The number of fused-ring (bicyclic) bond motifs is 1. The number of nitrogens with one attached hydrogen (secondary N) is 1. The van der Waals surface area contributed by atoms with Crippen LogP contribution in [0.1, 0.15) is 25.3 Å². The average molecular weight is 384 g/mol. The number of hydrogen-bond acceptors (Lipinski definition) is 5. The van der Waals surface area contributed by atoms with Gasteiger partial charge in [0.1, 0.15) is 0 Å². The van der Waals surface area contributed by atoms with Crippen molar-refractivity contribution < 1.29 is 19.1 Å². The minimum atomic E-state index is -0.892. The molecule has 1 aliphatic heterocycles. The van der Waals surface area contributed by atoms with Gasteiger partial charge in [-0.15, -0.1) is 0 Å². The van der Waals surface area contributed by atoms with E-state index >= 15 is 0 Å². The Hall–Kier alpha value is -2.76. The molecule has 1 unspecified atom stereocenters. The third-order valence-corrected chi connectivity index (χ3v) is 5.62. The number of ether oxygens (including phenoxy) is 2. The first kappa shape index (κ1) is 20.0. The fourth-order valence-electron chi connectivity index (χ4n) is 4.08. The van der Waals surface area contributed by atoms with Crippen LogP contribution in [0.4, 0.5) is 0 Å². The molecule has 2 heterocycles. The summed E-state index contributed by atoms with van der Waals surface area (Å²) >= 11 is 0. The molecule has 0 radical (unpaired) electrons. The van der Waals surface area contributed by atoms with E-state index < -0.39 is 17.9 Å². The van der Waals surface area contributed by atoms with Crippen molar-refractivity contribution in [3.8, 4) is 0 Å². The molecule has 0 fully saturated rings. The number of benzene rings is 1. The third-order valence-electron chi connectivity index (χ3n) is 5.62. The molecule has 0 aliphatic carbocycles. The molecule has 2 aromatic rings. The molecule has 3 rings (SSSR count). The van der Waals surface area contributed by atoms with Crippen LogP contribution < -0.4 is 0 Å². The maximum absolute atomic E-state index is 12.2. The van der Waals surface area contributed by atoms with Gasteiger partial charge in [0.2, 0.25) is 0 Å². The van der Waals surface area contributed by atoms with Crippen molar-refractivity contribution in [2.24, 2.45) is 11.8 Å². The number of H-pyrrole nitrogens is 1. The maximum atomic E-state index is 12.2. The van der Waals surface area contributed by atoms with Gasteiger partial charge in [0.25, 0.3) is 0 Å². The predicted octanol–water partition coefficient (Wildman–Crippen LogP) is 3.29. The van der Waals surface area contributed by atoms with E-state index in [9.17, 15) is 9.59 Å². The Morgan fingerprint density at radius 3 is 2.61 bits per heavy atom. The van der Waals surface area contributed by atoms with Gasteiger partial charge in [-0.3, -0.25) is 9.59 Å². The summed E-state index contributed by atoms with van der Waals surface area (Å²) in [5, 5.41) is 1.26. The highest BCUT2D eigenvalue weighted by Gasteiger charge is 2.39. The highest BCUT2D eigenvalue weighted by Crippen LogP contribution is 2.33. The van der Waals surface area contributed by atoms with Crippen LogP contribution in [-0.4, -0.2) is 49.1 Å². The fourth-order valence-corrected chi connectivity index (χ4v) is 4.08. The van der Waals surface area contributed by atoms with E-state index in [-0.39, 0.29) is 5.92 Å². The molecule has 1 aromatic heterocycles. The fraction of sp³-hybridized carbons (Fsp3) is 0.455. The van der Waals surface area contributed by atoms with Crippen LogP contribution in [0.25, 0.3) is 10.9 Å². The summed E-state index contributed by atoms with van der Waals surface area (Å²) in [5.74, 6) is -2.11. The lowest BCUT2D eigenvalue weighted by Gasteiger charge is -2.34. The smallest absolute Gasteiger partial charge is 0.320 e. The molecule has 6 heteroatoms. The number of allylic oxidation sites excluding steroid dienone is 1. The molecule has 6 nitrogen and oxygen atoms in total. The molecule has 1 N–H and O–H groups in total. The van der Waals surface area contributed by atoms with Crippen molar-refractivity contribution in [2.75, 3.05) is 27.3 Å². The third kappa shape index (κ3) is 4.06. The minimum absolute atomic E-state index is 0.172. The van der Waals surface area contributed by atoms with Gasteiger partial charge in [-0.25, -0.2) is 0 Å².